The maximum absolute atomic E-state index is 13.0. The zero-order valence-electron chi connectivity index (χ0n) is 12.5. The fourth-order valence-corrected chi connectivity index (χ4v) is 3.78. The van der Waals surface area contributed by atoms with Crippen LogP contribution >= 0.6 is 0 Å². The molecule has 2 aliphatic carbocycles. The Kier molecular flexibility index (Phi) is 3.54. The number of benzene rings is 1. The third-order valence-corrected chi connectivity index (χ3v) is 4.83. The third-order valence-electron chi connectivity index (χ3n) is 4.83. The molecule has 0 aliphatic heterocycles. The second kappa shape index (κ2) is 5.14. The predicted molar refractivity (Wildman–Crippen MR) is 76.1 cm³/mol. The highest BCUT2D eigenvalue weighted by Gasteiger charge is 2.41. The highest BCUT2D eigenvalue weighted by molar-refractivity contribution is 6.00. The molecule has 0 aromatic heterocycles. The molecular weight excluding hydrogens is 293 g/mol. The van der Waals surface area contributed by atoms with Gasteiger partial charge < -0.3 is 4.74 Å². The number of carbonyl (C=O) groups is 1. The molecule has 22 heavy (non-hydrogen) atoms. The van der Waals surface area contributed by atoms with E-state index in [4.69, 9.17) is 4.74 Å². The van der Waals surface area contributed by atoms with Crippen LogP contribution in [0.3, 0.4) is 0 Å². The number of hydrogen-bond donors (Lipinski definition) is 0. The van der Waals surface area contributed by atoms with Crippen molar-refractivity contribution in [1.29, 1.82) is 0 Å². The van der Waals surface area contributed by atoms with Gasteiger partial charge in [0.25, 0.3) is 0 Å². The molecule has 3 rings (SSSR count). The van der Waals surface area contributed by atoms with Gasteiger partial charge in [-0.2, -0.15) is 13.2 Å². The highest BCUT2D eigenvalue weighted by atomic mass is 19.4. The number of esters is 1. The largest absolute Gasteiger partial charge is 0.466 e. The summed E-state index contributed by atoms with van der Waals surface area (Å²) in [4.78, 5) is 12.0. The van der Waals surface area contributed by atoms with E-state index >= 15 is 0 Å². The molecule has 0 amide bonds. The number of allylic oxidation sites excluding steroid dienone is 1. The molecule has 0 spiro atoms. The van der Waals surface area contributed by atoms with Crippen LogP contribution in [-0.2, 0) is 15.7 Å². The van der Waals surface area contributed by atoms with Gasteiger partial charge in [-0.25, -0.2) is 4.79 Å². The lowest BCUT2D eigenvalue weighted by atomic mass is 9.80. The SMILES string of the molecule is COC(=O)C1=C2c3cc(C(F)(F)F)ccc3[C@@H](C)[C@@H]2CCC1. The Hall–Kier alpha value is -1.78. The smallest absolute Gasteiger partial charge is 0.416 e. The van der Waals surface area contributed by atoms with Crippen molar-refractivity contribution in [1.82, 2.24) is 0 Å². The van der Waals surface area contributed by atoms with E-state index in [1.165, 1.54) is 13.2 Å². The van der Waals surface area contributed by atoms with Crippen LogP contribution in [0.4, 0.5) is 13.2 Å². The van der Waals surface area contributed by atoms with Crippen LogP contribution in [-0.4, -0.2) is 13.1 Å². The lowest BCUT2D eigenvalue weighted by molar-refractivity contribution is -0.137. The zero-order chi connectivity index (χ0) is 16.1. The molecule has 2 atom stereocenters. The van der Waals surface area contributed by atoms with Crippen LogP contribution in [0.5, 0.6) is 0 Å². The predicted octanol–water partition coefficient (Wildman–Crippen LogP) is 4.55. The van der Waals surface area contributed by atoms with Gasteiger partial charge in [0, 0.05) is 5.57 Å². The quantitative estimate of drug-likeness (QED) is 0.711. The molecule has 1 aromatic carbocycles. The molecule has 0 saturated carbocycles. The maximum Gasteiger partial charge on any atom is 0.416 e. The van der Waals surface area contributed by atoms with Crippen LogP contribution in [0.15, 0.2) is 23.8 Å². The monoisotopic (exact) mass is 310 g/mol. The van der Waals surface area contributed by atoms with E-state index in [9.17, 15) is 18.0 Å². The van der Waals surface area contributed by atoms with Gasteiger partial charge in [0.15, 0.2) is 0 Å². The molecule has 2 aliphatic rings. The molecule has 0 fully saturated rings. The van der Waals surface area contributed by atoms with E-state index in [0.29, 0.717) is 17.6 Å². The molecular formula is C17H17F3O2. The van der Waals surface area contributed by atoms with Crippen molar-refractivity contribution >= 4 is 11.5 Å². The average Bonchev–Trinajstić information content (AvgIpc) is 2.78. The van der Waals surface area contributed by atoms with Crippen LogP contribution in [0.1, 0.15) is 48.8 Å². The van der Waals surface area contributed by atoms with Crippen LogP contribution in [0.2, 0.25) is 0 Å². The third kappa shape index (κ3) is 2.23. The summed E-state index contributed by atoms with van der Waals surface area (Å²) < 4.78 is 43.8. The first kappa shape index (κ1) is 15.1. The fraction of sp³-hybridized carbons (Fsp3) is 0.471. The van der Waals surface area contributed by atoms with Gasteiger partial charge in [-0.05, 0) is 59.9 Å². The summed E-state index contributed by atoms with van der Waals surface area (Å²) in [6, 6.07) is 3.88. The molecule has 0 bridgehead atoms. The van der Waals surface area contributed by atoms with E-state index < -0.39 is 17.7 Å². The number of rotatable bonds is 1. The Morgan fingerprint density at radius 3 is 2.68 bits per heavy atom. The van der Waals surface area contributed by atoms with Crippen LogP contribution < -0.4 is 0 Å². The van der Waals surface area contributed by atoms with Gasteiger partial charge in [-0.1, -0.05) is 13.0 Å². The van der Waals surface area contributed by atoms with Crippen molar-refractivity contribution in [3.8, 4) is 0 Å². The summed E-state index contributed by atoms with van der Waals surface area (Å²) in [5.74, 6) is -0.175. The molecule has 0 radical (unpaired) electrons. The number of methoxy groups -OCH3 is 1. The molecule has 118 valence electrons. The summed E-state index contributed by atoms with van der Waals surface area (Å²) in [6.07, 6.45) is -2.05. The molecule has 5 heteroatoms. The van der Waals surface area contributed by atoms with Gasteiger partial charge >= 0.3 is 12.1 Å². The number of hydrogen-bond acceptors (Lipinski definition) is 2. The minimum atomic E-state index is -4.38. The Bertz CT molecular complexity index is 658. The van der Waals surface area contributed by atoms with Gasteiger partial charge in [0.1, 0.15) is 0 Å². The first-order valence-electron chi connectivity index (χ1n) is 7.37. The first-order valence-corrected chi connectivity index (χ1v) is 7.37. The van der Waals surface area contributed by atoms with Gasteiger partial charge in [0.05, 0.1) is 12.7 Å². The van der Waals surface area contributed by atoms with Crippen LogP contribution in [0, 0.1) is 5.92 Å². The standard InChI is InChI=1S/C17H17F3O2/c1-9-11-7-6-10(17(18,19)20)8-14(11)15-12(9)4-3-5-13(15)16(21)22-2/h6-9,12H,3-5H2,1-2H3/t9-,12+/m1/s1. The molecule has 0 saturated heterocycles. The summed E-state index contributed by atoms with van der Waals surface area (Å²) in [6.45, 7) is 2.02. The summed E-state index contributed by atoms with van der Waals surface area (Å²) in [5, 5.41) is 0. The van der Waals surface area contributed by atoms with Gasteiger partial charge in [-0.3, -0.25) is 0 Å². The number of ether oxygens (including phenoxy) is 1. The van der Waals surface area contributed by atoms with E-state index in [-0.39, 0.29) is 11.8 Å². The van der Waals surface area contributed by atoms with Crippen molar-refractivity contribution in [3.63, 3.8) is 0 Å². The number of fused-ring (bicyclic) bond motifs is 3. The minimum absolute atomic E-state index is 0.112. The Morgan fingerprint density at radius 2 is 2.05 bits per heavy atom. The van der Waals surface area contributed by atoms with E-state index in [1.54, 1.807) is 6.07 Å². The van der Waals surface area contributed by atoms with Gasteiger partial charge in [-0.15, -0.1) is 0 Å². The number of carbonyl (C=O) groups excluding carboxylic acids is 1. The summed E-state index contributed by atoms with van der Waals surface area (Å²) in [5.41, 5.74) is 2.13. The summed E-state index contributed by atoms with van der Waals surface area (Å²) in [7, 11) is 1.31. The Labute approximate surface area is 127 Å². The van der Waals surface area contributed by atoms with E-state index in [0.717, 1.165) is 30.0 Å². The second-order valence-corrected chi connectivity index (χ2v) is 5.97. The first-order chi connectivity index (χ1) is 10.3. The zero-order valence-corrected chi connectivity index (χ0v) is 12.5. The Morgan fingerprint density at radius 1 is 1.32 bits per heavy atom. The lowest BCUT2D eigenvalue weighted by Gasteiger charge is -2.25. The molecule has 2 nitrogen and oxygen atoms in total. The fourth-order valence-electron chi connectivity index (χ4n) is 3.78. The maximum atomic E-state index is 13.0. The lowest BCUT2D eigenvalue weighted by Crippen LogP contribution is -2.16. The van der Waals surface area contributed by atoms with Crippen molar-refractivity contribution < 1.29 is 22.7 Å². The normalized spacial score (nSPS) is 24.0. The summed E-state index contributed by atoms with van der Waals surface area (Å²) >= 11 is 0. The van der Waals surface area contributed by atoms with Crippen molar-refractivity contribution in [2.75, 3.05) is 7.11 Å². The van der Waals surface area contributed by atoms with Gasteiger partial charge in [0.2, 0.25) is 0 Å². The van der Waals surface area contributed by atoms with E-state index in [2.05, 4.69) is 0 Å². The topological polar surface area (TPSA) is 26.3 Å². The Balaban J connectivity index is 2.21. The van der Waals surface area contributed by atoms with Crippen molar-refractivity contribution in [3.05, 3.63) is 40.5 Å². The second-order valence-electron chi connectivity index (χ2n) is 5.97. The number of alkyl halides is 3. The average molecular weight is 310 g/mol. The molecule has 0 heterocycles. The molecule has 0 unspecified atom stereocenters. The van der Waals surface area contributed by atoms with Crippen LogP contribution in [0.25, 0.3) is 5.57 Å². The van der Waals surface area contributed by atoms with E-state index in [1.807, 2.05) is 6.92 Å². The van der Waals surface area contributed by atoms with Crippen molar-refractivity contribution in [2.45, 2.75) is 38.3 Å². The minimum Gasteiger partial charge on any atom is -0.466 e. The molecule has 1 aromatic rings. The molecule has 0 N–H and O–H groups in total. The number of halogens is 3. The van der Waals surface area contributed by atoms with Crippen molar-refractivity contribution in [2.24, 2.45) is 5.92 Å². The highest BCUT2D eigenvalue weighted by Crippen LogP contribution is 2.53.